The number of hydrogen-bond acceptors (Lipinski definition) is 0. The average molecular weight is 250 g/mol. The van der Waals surface area contributed by atoms with E-state index >= 15 is 0 Å². The molecule has 1 aromatic rings. The molecule has 0 aliphatic heterocycles. The Balaban J connectivity index is 2.68. The third-order valence-electron chi connectivity index (χ3n) is 2.74. The molecule has 0 fully saturated rings. The Morgan fingerprint density at radius 3 is 2.41 bits per heavy atom. The van der Waals surface area contributed by atoms with Gasteiger partial charge in [0.15, 0.2) is 0 Å². The van der Waals surface area contributed by atoms with Crippen molar-refractivity contribution in [2.24, 2.45) is 0 Å². The summed E-state index contributed by atoms with van der Waals surface area (Å²) in [5.74, 6) is 0. The fourth-order valence-electron chi connectivity index (χ4n) is 1.42. The fourth-order valence-corrected chi connectivity index (χ4v) is 1.64. The van der Waals surface area contributed by atoms with Gasteiger partial charge in [-0.05, 0) is 0 Å². The predicted molar refractivity (Wildman–Crippen MR) is 78.6 cm³/mol. The summed E-state index contributed by atoms with van der Waals surface area (Å²) in [6, 6.07) is 10.5. The number of benzene rings is 1. The Morgan fingerprint density at radius 2 is 1.82 bits per heavy atom. The van der Waals surface area contributed by atoms with Crippen LogP contribution in [0, 0.1) is 0 Å². The van der Waals surface area contributed by atoms with Gasteiger partial charge in [-0.15, -0.1) is 0 Å². The molecular weight excluding hydrogens is 232 g/mol. The van der Waals surface area contributed by atoms with Crippen LogP contribution in [-0.2, 0) is 6.42 Å². The molecule has 1 rings (SSSR count). The monoisotopic (exact) mass is 250 g/mol. The van der Waals surface area contributed by atoms with Gasteiger partial charge in [-0.1, -0.05) is 0 Å². The first-order chi connectivity index (χ1) is 8.13. The molecule has 84 valence electrons. The summed E-state index contributed by atoms with van der Waals surface area (Å²) in [4.78, 5) is 0. The molecule has 0 nitrogen and oxygen atoms in total. The summed E-state index contributed by atoms with van der Waals surface area (Å²) in [6.07, 6.45) is 5.25. The van der Waals surface area contributed by atoms with Gasteiger partial charge in [0.1, 0.15) is 0 Å². The second kappa shape index (κ2) is 7.81. The summed E-state index contributed by atoms with van der Waals surface area (Å²) in [5.41, 5.74) is 5.10. The van der Waals surface area contributed by atoms with Crippen molar-refractivity contribution in [3.05, 3.63) is 71.3 Å². The SMILES string of the molecule is C=C(Cc1ccccc1)/C(C)=C/C=C(\C)[CH]=[Ca]. The van der Waals surface area contributed by atoms with Crippen molar-refractivity contribution in [2.45, 2.75) is 20.3 Å². The van der Waals surface area contributed by atoms with Crippen molar-refractivity contribution in [3.63, 3.8) is 0 Å². The van der Waals surface area contributed by atoms with E-state index in [2.05, 4.69) is 58.9 Å². The summed E-state index contributed by atoms with van der Waals surface area (Å²) in [7, 11) is 0. The van der Waals surface area contributed by atoms with Crippen LogP contribution in [0.5, 0.6) is 0 Å². The molecule has 0 unspecified atom stereocenters. The molecule has 0 N–H and O–H groups in total. The Bertz CT molecular complexity index is 450. The van der Waals surface area contributed by atoms with Crippen molar-refractivity contribution in [1.29, 1.82) is 0 Å². The Hall–Kier alpha value is -0.430. The first kappa shape index (κ1) is 14.6. The minimum atomic E-state index is 0.930. The minimum absolute atomic E-state index is 0.930. The molecule has 0 saturated carbocycles. The molecule has 17 heavy (non-hydrogen) atoms. The molecule has 0 saturated heterocycles. The van der Waals surface area contributed by atoms with Crippen LogP contribution in [0.15, 0.2) is 65.8 Å². The maximum atomic E-state index is 4.15. The van der Waals surface area contributed by atoms with Crippen LogP contribution in [0.25, 0.3) is 0 Å². The van der Waals surface area contributed by atoms with Gasteiger partial charge in [0, 0.05) is 0 Å². The van der Waals surface area contributed by atoms with Crippen molar-refractivity contribution < 1.29 is 0 Å². The van der Waals surface area contributed by atoms with Gasteiger partial charge < -0.3 is 0 Å². The molecule has 0 aromatic heterocycles. The van der Waals surface area contributed by atoms with E-state index in [-0.39, 0.29) is 0 Å². The standard InChI is InChI=1S/C16H18.Ca/c1-13(2)10-11-14(3)15(4)12-16-8-6-5-7-9-16;/h1,5-11H,4,12H2,2-3H3;/b13-10-,14-11+;. The second-order valence-electron chi connectivity index (χ2n) is 4.23. The van der Waals surface area contributed by atoms with E-state index in [1.807, 2.05) is 6.07 Å². The third-order valence-corrected chi connectivity index (χ3v) is 3.74. The van der Waals surface area contributed by atoms with Crippen LogP contribution in [-0.4, -0.2) is 37.3 Å². The van der Waals surface area contributed by atoms with Gasteiger partial charge in [0.05, 0.1) is 0 Å². The molecule has 0 aliphatic carbocycles. The molecule has 1 heteroatoms. The van der Waals surface area contributed by atoms with Gasteiger partial charge in [-0.3, -0.25) is 0 Å². The number of hydrogen-bond donors (Lipinski definition) is 0. The number of rotatable bonds is 5. The van der Waals surface area contributed by atoms with Gasteiger partial charge in [-0.25, -0.2) is 0 Å². The van der Waals surface area contributed by atoms with Crippen LogP contribution in [0.4, 0.5) is 0 Å². The molecule has 0 radical (unpaired) electrons. The topological polar surface area (TPSA) is 0 Å². The van der Waals surface area contributed by atoms with E-state index in [1.54, 1.807) is 0 Å². The van der Waals surface area contributed by atoms with Crippen LogP contribution >= 0.6 is 0 Å². The van der Waals surface area contributed by atoms with Gasteiger partial charge >= 0.3 is 129 Å². The van der Waals surface area contributed by atoms with E-state index in [9.17, 15) is 0 Å². The number of allylic oxidation sites excluding steroid dienone is 5. The zero-order valence-corrected chi connectivity index (χ0v) is 12.9. The van der Waals surface area contributed by atoms with E-state index < -0.39 is 0 Å². The summed E-state index contributed by atoms with van der Waals surface area (Å²) < 4.78 is 2.23. The Labute approximate surface area is 128 Å². The normalized spacial score (nSPS) is 12.5. The molecule has 0 atom stereocenters. The molecule has 0 amide bonds. The zero-order chi connectivity index (χ0) is 12.7. The zero-order valence-electron chi connectivity index (χ0n) is 10.7. The molecule has 1 aromatic carbocycles. The summed E-state index contributed by atoms with van der Waals surface area (Å²) >= 11 is 1.21. The van der Waals surface area contributed by atoms with E-state index in [0.717, 1.165) is 6.42 Å². The quantitative estimate of drug-likeness (QED) is 0.553. The van der Waals surface area contributed by atoms with Gasteiger partial charge in [0.25, 0.3) is 0 Å². The molecule has 0 aliphatic rings. The summed E-state index contributed by atoms with van der Waals surface area (Å²) in [6.45, 7) is 8.41. The third kappa shape index (κ3) is 5.63. The van der Waals surface area contributed by atoms with Crippen LogP contribution in [0.3, 0.4) is 0 Å². The molecule has 0 bridgehead atoms. The Kier molecular flexibility index (Phi) is 6.72. The van der Waals surface area contributed by atoms with Crippen LogP contribution in [0.1, 0.15) is 19.4 Å². The van der Waals surface area contributed by atoms with E-state index in [0.29, 0.717) is 0 Å². The Morgan fingerprint density at radius 1 is 1.18 bits per heavy atom. The van der Waals surface area contributed by atoms with Crippen molar-refractivity contribution in [1.82, 2.24) is 0 Å². The molecular formula is C16H18Ca. The van der Waals surface area contributed by atoms with E-state index in [4.69, 9.17) is 0 Å². The predicted octanol–water partition coefficient (Wildman–Crippen LogP) is 3.65. The molecule has 0 heterocycles. The fraction of sp³-hybridized carbons (Fsp3) is 0.188. The van der Waals surface area contributed by atoms with Crippen molar-refractivity contribution >= 4 is 37.3 Å². The maximum absolute atomic E-state index is 4.15. The second-order valence-corrected chi connectivity index (χ2v) is 4.87. The van der Waals surface area contributed by atoms with Gasteiger partial charge in [-0.2, -0.15) is 0 Å². The first-order valence-electron chi connectivity index (χ1n) is 5.83. The van der Waals surface area contributed by atoms with Crippen molar-refractivity contribution in [2.75, 3.05) is 0 Å². The molecule has 0 spiro atoms. The summed E-state index contributed by atoms with van der Waals surface area (Å²) in [5, 5.41) is 0. The van der Waals surface area contributed by atoms with Gasteiger partial charge in [0.2, 0.25) is 0 Å². The average Bonchev–Trinajstić information content (AvgIpc) is 2.36. The first-order valence-corrected chi connectivity index (χ1v) is 7.10. The van der Waals surface area contributed by atoms with Crippen LogP contribution < -0.4 is 0 Å². The van der Waals surface area contributed by atoms with E-state index in [1.165, 1.54) is 57.5 Å². The van der Waals surface area contributed by atoms with Crippen LogP contribution in [0.2, 0.25) is 0 Å². The van der Waals surface area contributed by atoms with Crippen molar-refractivity contribution in [3.8, 4) is 0 Å².